The number of aromatic nitrogens is 1. The zero-order valence-electron chi connectivity index (χ0n) is 13.2. The highest BCUT2D eigenvalue weighted by Gasteiger charge is 2.16. The predicted molar refractivity (Wildman–Crippen MR) is 86.0 cm³/mol. The molecule has 9 heteroatoms. The normalized spacial score (nSPS) is 13.0. The minimum atomic E-state index is -3.47. The molecule has 0 saturated heterocycles. The molecule has 1 aromatic heterocycles. The summed E-state index contributed by atoms with van der Waals surface area (Å²) in [5.41, 5.74) is 0.899. The van der Waals surface area contributed by atoms with Crippen molar-refractivity contribution in [1.82, 2.24) is 14.4 Å². The first-order valence-electron chi connectivity index (χ1n) is 6.92. The maximum Gasteiger partial charge on any atom is 0.216 e. The Kier molecular flexibility index (Phi) is 6.48. The van der Waals surface area contributed by atoms with Gasteiger partial charge in [-0.3, -0.25) is 4.98 Å². The molecule has 0 unspecified atom stereocenters. The number of rotatable bonds is 8. The molecule has 7 nitrogen and oxygen atoms in total. The Morgan fingerprint density at radius 3 is 1.55 bits per heavy atom. The second kappa shape index (κ2) is 7.49. The molecule has 0 spiro atoms. The van der Waals surface area contributed by atoms with E-state index in [1.54, 1.807) is 33.8 Å². The first kappa shape index (κ1) is 19.0. The summed E-state index contributed by atoms with van der Waals surface area (Å²) in [6.45, 7) is 6.93. The molecule has 1 heterocycles. The third-order valence-corrected chi connectivity index (χ3v) is 5.48. The zero-order valence-corrected chi connectivity index (χ0v) is 14.8. The van der Waals surface area contributed by atoms with E-state index in [4.69, 9.17) is 0 Å². The van der Waals surface area contributed by atoms with Gasteiger partial charge in [-0.1, -0.05) is 6.07 Å². The summed E-state index contributed by atoms with van der Waals surface area (Å²) >= 11 is 0. The van der Waals surface area contributed by atoms with Crippen molar-refractivity contribution >= 4 is 20.0 Å². The van der Waals surface area contributed by atoms with Gasteiger partial charge >= 0.3 is 0 Å². The summed E-state index contributed by atoms with van der Waals surface area (Å²) in [5, 5.41) is 0. The fourth-order valence-electron chi connectivity index (χ4n) is 1.94. The number of hydrogen-bond donors (Lipinski definition) is 2. The van der Waals surface area contributed by atoms with Crippen molar-refractivity contribution in [3.8, 4) is 0 Å². The van der Waals surface area contributed by atoms with E-state index < -0.39 is 20.0 Å². The molecule has 1 aromatic rings. The highest BCUT2D eigenvalue weighted by molar-refractivity contribution is 7.89. The number of nitrogens with zero attached hydrogens (tertiary/aromatic N) is 1. The fraction of sp³-hybridized carbons (Fsp3) is 0.615. The third kappa shape index (κ3) is 7.30. The monoisotopic (exact) mass is 349 g/mol. The van der Waals surface area contributed by atoms with Crippen LogP contribution in [0.1, 0.15) is 38.8 Å². The molecule has 126 valence electrons. The number of sulfonamides is 2. The van der Waals surface area contributed by atoms with Crippen LogP contribution in [0.2, 0.25) is 0 Å². The fourth-order valence-corrected chi connectivity index (χ4v) is 4.74. The SMILES string of the molecule is CC(C)NS(=O)(=O)Cc1cncc(CS(=O)(=O)NC(C)C)c1. The summed E-state index contributed by atoms with van der Waals surface area (Å²) in [5.74, 6) is -0.465. The van der Waals surface area contributed by atoms with Crippen LogP contribution in [0.3, 0.4) is 0 Å². The van der Waals surface area contributed by atoms with Crippen molar-refractivity contribution < 1.29 is 16.8 Å². The first-order chi connectivity index (χ1) is 9.99. The average Bonchev–Trinajstić information content (AvgIpc) is 2.23. The van der Waals surface area contributed by atoms with E-state index in [1.807, 2.05) is 0 Å². The van der Waals surface area contributed by atoms with Crippen molar-refractivity contribution in [3.05, 3.63) is 29.6 Å². The van der Waals surface area contributed by atoms with Crippen molar-refractivity contribution in [2.75, 3.05) is 0 Å². The van der Waals surface area contributed by atoms with Gasteiger partial charge in [-0.05, 0) is 38.8 Å². The van der Waals surface area contributed by atoms with Gasteiger partial charge in [0.25, 0.3) is 0 Å². The first-order valence-corrected chi connectivity index (χ1v) is 10.2. The largest absolute Gasteiger partial charge is 0.264 e. The van der Waals surface area contributed by atoms with E-state index in [-0.39, 0.29) is 23.6 Å². The van der Waals surface area contributed by atoms with Crippen molar-refractivity contribution in [1.29, 1.82) is 0 Å². The smallest absolute Gasteiger partial charge is 0.216 e. The van der Waals surface area contributed by atoms with Gasteiger partial charge in [0.1, 0.15) is 0 Å². The van der Waals surface area contributed by atoms with E-state index in [2.05, 4.69) is 14.4 Å². The van der Waals surface area contributed by atoms with Crippen LogP contribution in [0.25, 0.3) is 0 Å². The lowest BCUT2D eigenvalue weighted by molar-refractivity contribution is 0.567. The minimum Gasteiger partial charge on any atom is -0.264 e. The molecule has 0 saturated carbocycles. The molecule has 1 rings (SSSR count). The van der Waals surface area contributed by atoms with Crippen LogP contribution in [-0.4, -0.2) is 33.9 Å². The van der Waals surface area contributed by atoms with Crippen molar-refractivity contribution in [2.24, 2.45) is 0 Å². The van der Waals surface area contributed by atoms with Crippen LogP contribution < -0.4 is 9.44 Å². The van der Waals surface area contributed by atoms with Crippen LogP contribution in [0.5, 0.6) is 0 Å². The van der Waals surface area contributed by atoms with E-state index >= 15 is 0 Å². The van der Waals surface area contributed by atoms with Gasteiger partial charge in [-0.25, -0.2) is 26.3 Å². The summed E-state index contributed by atoms with van der Waals surface area (Å²) in [7, 11) is -6.94. The van der Waals surface area contributed by atoms with Gasteiger partial charge in [0.15, 0.2) is 0 Å². The molecule has 22 heavy (non-hydrogen) atoms. The summed E-state index contributed by atoms with van der Waals surface area (Å²) < 4.78 is 52.5. The molecule has 0 fully saturated rings. The zero-order chi connectivity index (χ0) is 17.0. The van der Waals surface area contributed by atoms with Gasteiger partial charge in [0.05, 0.1) is 11.5 Å². The van der Waals surface area contributed by atoms with Crippen LogP contribution in [-0.2, 0) is 31.6 Å². The minimum absolute atomic E-state index is 0.197. The standard InChI is InChI=1S/C13H23N3O4S2/c1-10(2)15-21(17,18)8-12-5-13(7-14-6-12)9-22(19,20)16-11(3)4/h5-7,10-11,15-16H,8-9H2,1-4H3. The van der Waals surface area contributed by atoms with Crippen LogP contribution >= 0.6 is 0 Å². The molecule has 0 bridgehead atoms. The van der Waals surface area contributed by atoms with E-state index in [0.29, 0.717) is 11.1 Å². The topological polar surface area (TPSA) is 105 Å². The maximum atomic E-state index is 11.9. The van der Waals surface area contributed by atoms with E-state index in [0.717, 1.165) is 0 Å². The predicted octanol–water partition coefficient (Wildman–Crippen LogP) is 0.737. The Labute approximate surface area is 132 Å². The molecule has 0 atom stereocenters. The van der Waals surface area contributed by atoms with E-state index in [9.17, 15) is 16.8 Å². The van der Waals surface area contributed by atoms with Crippen molar-refractivity contribution in [3.63, 3.8) is 0 Å². The number of pyridine rings is 1. The van der Waals surface area contributed by atoms with Crippen LogP contribution in [0.4, 0.5) is 0 Å². The third-order valence-electron chi connectivity index (χ3n) is 2.40. The molecule has 0 aromatic carbocycles. The van der Waals surface area contributed by atoms with Gasteiger partial charge in [0.2, 0.25) is 20.0 Å². The Morgan fingerprint density at radius 2 is 1.23 bits per heavy atom. The quantitative estimate of drug-likeness (QED) is 0.720. The summed E-state index contributed by atoms with van der Waals surface area (Å²) in [6.07, 6.45) is 2.84. The maximum absolute atomic E-state index is 11.9. The molecule has 0 aliphatic rings. The summed E-state index contributed by atoms with van der Waals surface area (Å²) in [4.78, 5) is 3.93. The number of nitrogens with one attached hydrogen (secondary N) is 2. The average molecular weight is 349 g/mol. The highest BCUT2D eigenvalue weighted by atomic mass is 32.2. The molecule has 0 aliphatic heterocycles. The Balaban J connectivity index is 2.87. The Bertz CT molecular complexity index is 641. The molecule has 0 aliphatic carbocycles. The van der Waals surface area contributed by atoms with Gasteiger partial charge in [0, 0.05) is 24.5 Å². The molecule has 2 N–H and O–H groups in total. The van der Waals surface area contributed by atoms with E-state index in [1.165, 1.54) is 12.4 Å². The van der Waals surface area contributed by atoms with Crippen molar-refractivity contribution in [2.45, 2.75) is 51.3 Å². The molecular weight excluding hydrogens is 326 g/mol. The lowest BCUT2D eigenvalue weighted by Crippen LogP contribution is -2.32. The molecule has 0 amide bonds. The Hall–Kier alpha value is -1.03. The van der Waals surface area contributed by atoms with Gasteiger partial charge in [-0.2, -0.15) is 0 Å². The summed E-state index contributed by atoms with van der Waals surface area (Å²) in [6, 6.07) is 1.15. The lowest BCUT2D eigenvalue weighted by atomic mass is 10.2. The van der Waals surface area contributed by atoms with Crippen LogP contribution in [0.15, 0.2) is 18.5 Å². The Morgan fingerprint density at radius 1 is 0.864 bits per heavy atom. The highest BCUT2D eigenvalue weighted by Crippen LogP contribution is 2.10. The van der Waals surface area contributed by atoms with Gasteiger partial charge in [-0.15, -0.1) is 0 Å². The van der Waals surface area contributed by atoms with Crippen LogP contribution in [0, 0.1) is 0 Å². The lowest BCUT2D eigenvalue weighted by Gasteiger charge is -2.11. The second-order valence-corrected chi connectivity index (χ2v) is 9.27. The van der Waals surface area contributed by atoms with Gasteiger partial charge < -0.3 is 0 Å². The molecule has 0 radical (unpaired) electrons. The second-order valence-electron chi connectivity index (χ2n) is 5.76. The number of hydrogen-bond acceptors (Lipinski definition) is 5. The molecular formula is C13H23N3O4S2.